The highest BCUT2D eigenvalue weighted by Crippen LogP contribution is 2.28. The lowest BCUT2D eigenvalue weighted by Crippen LogP contribution is -1.98. The van der Waals surface area contributed by atoms with E-state index in [1.165, 1.54) is 0 Å². The normalized spacial score (nSPS) is 10.1. The van der Waals surface area contributed by atoms with E-state index in [1.54, 1.807) is 6.07 Å². The first kappa shape index (κ1) is 9.86. The fourth-order valence-electron chi connectivity index (χ4n) is 0.765. The van der Waals surface area contributed by atoms with Gasteiger partial charge in [0.25, 0.3) is 6.43 Å². The largest absolute Gasteiger partial charge is 0.396 e. The molecule has 6 heteroatoms. The molecule has 1 aromatic rings. The number of nitrogen functional groups attached to an aromatic ring is 1. The van der Waals surface area contributed by atoms with E-state index in [0.717, 1.165) is 6.07 Å². The Hall–Kier alpha value is -1.22. The van der Waals surface area contributed by atoms with E-state index in [4.69, 9.17) is 11.0 Å². The molecule has 1 rings (SSSR count). The van der Waals surface area contributed by atoms with Crippen molar-refractivity contribution in [3.8, 4) is 6.07 Å². The van der Waals surface area contributed by atoms with Crippen LogP contribution in [0, 0.1) is 11.3 Å². The number of hydrogen-bond acceptors (Lipinski definition) is 3. The second kappa shape index (κ2) is 3.66. The van der Waals surface area contributed by atoms with Crippen molar-refractivity contribution in [1.29, 1.82) is 5.26 Å². The fourth-order valence-corrected chi connectivity index (χ4v) is 1.23. The minimum atomic E-state index is -2.66. The Morgan fingerprint density at radius 2 is 2.23 bits per heavy atom. The van der Waals surface area contributed by atoms with E-state index in [9.17, 15) is 8.78 Å². The number of nitrogens with two attached hydrogens (primary N) is 1. The van der Waals surface area contributed by atoms with E-state index >= 15 is 0 Å². The summed E-state index contributed by atoms with van der Waals surface area (Å²) in [5.74, 6) is 0. The SMILES string of the molecule is N#Cc1nc(Br)c(C(F)F)cc1N. The summed E-state index contributed by atoms with van der Waals surface area (Å²) in [6, 6.07) is 2.73. The Balaban J connectivity index is 3.31. The molecular weight excluding hydrogens is 244 g/mol. The number of hydrogen-bond donors (Lipinski definition) is 1. The molecular formula is C7H4BrF2N3. The van der Waals surface area contributed by atoms with E-state index in [-0.39, 0.29) is 21.5 Å². The monoisotopic (exact) mass is 247 g/mol. The molecule has 13 heavy (non-hydrogen) atoms. The van der Waals surface area contributed by atoms with Gasteiger partial charge in [-0.3, -0.25) is 0 Å². The molecule has 0 bridgehead atoms. The molecule has 0 fully saturated rings. The maximum Gasteiger partial charge on any atom is 0.266 e. The Bertz CT molecular complexity index is 373. The van der Waals surface area contributed by atoms with Crippen LogP contribution >= 0.6 is 15.9 Å². The second-order valence-electron chi connectivity index (χ2n) is 2.22. The molecule has 1 aromatic heterocycles. The number of pyridine rings is 1. The molecule has 0 saturated carbocycles. The third-order valence-corrected chi connectivity index (χ3v) is 2.01. The molecule has 0 spiro atoms. The maximum atomic E-state index is 12.2. The summed E-state index contributed by atoms with van der Waals surface area (Å²) in [5.41, 5.74) is 4.89. The van der Waals surface area contributed by atoms with Crippen molar-refractivity contribution in [2.75, 3.05) is 5.73 Å². The standard InChI is InChI=1S/C7H4BrF2N3/c8-6-3(7(9)10)1-4(12)5(2-11)13-6/h1,7H,12H2. The molecule has 0 radical (unpaired) electrons. The van der Waals surface area contributed by atoms with Gasteiger partial charge in [-0.2, -0.15) is 5.26 Å². The van der Waals surface area contributed by atoms with Crippen LogP contribution in [0.2, 0.25) is 0 Å². The fraction of sp³-hybridized carbons (Fsp3) is 0.143. The first-order chi connectivity index (χ1) is 6.06. The van der Waals surface area contributed by atoms with Gasteiger partial charge in [-0.15, -0.1) is 0 Å². The van der Waals surface area contributed by atoms with Gasteiger partial charge in [-0.05, 0) is 22.0 Å². The molecule has 0 saturated heterocycles. The van der Waals surface area contributed by atoms with Gasteiger partial charge in [-0.25, -0.2) is 13.8 Å². The van der Waals surface area contributed by atoms with Crippen LogP contribution in [0.3, 0.4) is 0 Å². The lowest BCUT2D eigenvalue weighted by atomic mass is 10.2. The molecule has 0 aliphatic heterocycles. The number of rotatable bonds is 1. The summed E-state index contributed by atoms with van der Waals surface area (Å²) < 4.78 is 24.4. The van der Waals surface area contributed by atoms with Crippen molar-refractivity contribution in [1.82, 2.24) is 4.98 Å². The molecule has 0 unspecified atom stereocenters. The van der Waals surface area contributed by atoms with Crippen LogP contribution in [0.1, 0.15) is 17.7 Å². The highest BCUT2D eigenvalue weighted by atomic mass is 79.9. The Kier molecular flexibility index (Phi) is 2.78. The highest BCUT2D eigenvalue weighted by Gasteiger charge is 2.15. The van der Waals surface area contributed by atoms with E-state index in [1.807, 2.05) is 0 Å². The van der Waals surface area contributed by atoms with Gasteiger partial charge in [0, 0.05) is 0 Å². The smallest absolute Gasteiger partial charge is 0.266 e. The van der Waals surface area contributed by atoms with Gasteiger partial charge in [0.2, 0.25) is 0 Å². The van der Waals surface area contributed by atoms with Crippen LogP contribution in [0.5, 0.6) is 0 Å². The number of alkyl halides is 2. The van der Waals surface area contributed by atoms with Crippen molar-refractivity contribution in [3.63, 3.8) is 0 Å². The Labute approximate surface area is 81.3 Å². The van der Waals surface area contributed by atoms with Crippen LogP contribution in [0.25, 0.3) is 0 Å². The number of nitrogens with zero attached hydrogens (tertiary/aromatic N) is 2. The molecule has 68 valence electrons. The highest BCUT2D eigenvalue weighted by molar-refractivity contribution is 9.10. The number of halogens is 3. The average Bonchev–Trinajstić information content (AvgIpc) is 2.07. The van der Waals surface area contributed by atoms with Crippen LogP contribution in [-0.4, -0.2) is 4.98 Å². The summed E-state index contributed by atoms with van der Waals surface area (Å²) in [6.45, 7) is 0. The zero-order chi connectivity index (χ0) is 10.0. The van der Waals surface area contributed by atoms with Crippen molar-refractivity contribution in [2.45, 2.75) is 6.43 Å². The third-order valence-electron chi connectivity index (χ3n) is 1.37. The van der Waals surface area contributed by atoms with Crippen LogP contribution in [-0.2, 0) is 0 Å². The van der Waals surface area contributed by atoms with E-state index < -0.39 is 6.43 Å². The molecule has 0 atom stereocenters. The zero-order valence-electron chi connectivity index (χ0n) is 6.26. The molecule has 2 N–H and O–H groups in total. The zero-order valence-corrected chi connectivity index (χ0v) is 7.85. The predicted molar refractivity (Wildman–Crippen MR) is 46.0 cm³/mol. The minimum absolute atomic E-state index is 0.0407. The quantitative estimate of drug-likeness (QED) is 0.775. The first-order valence-electron chi connectivity index (χ1n) is 3.20. The second-order valence-corrected chi connectivity index (χ2v) is 2.97. The van der Waals surface area contributed by atoms with Crippen molar-refractivity contribution in [3.05, 3.63) is 21.9 Å². The van der Waals surface area contributed by atoms with Crippen LogP contribution in [0.15, 0.2) is 10.7 Å². The molecule has 0 amide bonds. The predicted octanol–water partition coefficient (Wildman–Crippen LogP) is 2.24. The summed E-state index contributed by atoms with van der Waals surface area (Å²) in [7, 11) is 0. The van der Waals surface area contributed by atoms with Gasteiger partial charge in [0.1, 0.15) is 10.7 Å². The summed E-state index contributed by atoms with van der Waals surface area (Å²) in [6.07, 6.45) is -2.66. The Morgan fingerprint density at radius 3 is 2.69 bits per heavy atom. The third kappa shape index (κ3) is 1.92. The molecule has 0 aliphatic rings. The Morgan fingerprint density at radius 1 is 1.62 bits per heavy atom. The van der Waals surface area contributed by atoms with Crippen molar-refractivity contribution < 1.29 is 8.78 Å². The van der Waals surface area contributed by atoms with Crippen LogP contribution in [0.4, 0.5) is 14.5 Å². The van der Waals surface area contributed by atoms with Gasteiger partial charge in [-0.1, -0.05) is 0 Å². The lowest BCUT2D eigenvalue weighted by molar-refractivity contribution is 0.150. The van der Waals surface area contributed by atoms with E-state index in [2.05, 4.69) is 20.9 Å². The molecule has 3 nitrogen and oxygen atoms in total. The lowest BCUT2D eigenvalue weighted by Gasteiger charge is -2.04. The summed E-state index contributed by atoms with van der Waals surface area (Å²) in [4.78, 5) is 3.56. The van der Waals surface area contributed by atoms with Crippen molar-refractivity contribution >= 4 is 21.6 Å². The minimum Gasteiger partial charge on any atom is -0.396 e. The first-order valence-corrected chi connectivity index (χ1v) is 3.99. The van der Waals surface area contributed by atoms with E-state index in [0.29, 0.717) is 0 Å². The topological polar surface area (TPSA) is 62.7 Å². The van der Waals surface area contributed by atoms with Gasteiger partial charge >= 0.3 is 0 Å². The van der Waals surface area contributed by atoms with Crippen molar-refractivity contribution in [2.24, 2.45) is 0 Å². The number of anilines is 1. The summed E-state index contributed by atoms with van der Waals surface area (Å²) >= 11 is 2.82. The number of nitriles is 1. The van der Waals surface area contributed by atoms with Crippen LogP contribution < -0.4 is 5.73 Å². The number of aromatic nitrogens is 1. The van der Waals surface area contributed by atoms with Gasteiger partial charge in [0.05, 0.1) is 11.3 Å². The molecule has 1 heterocycles. The average molecular weight is 248 g/mol. The maximum absolute atomic E-state index is 12.2. The summed E-state index contributed by atoms with van der Waals surface area (Å²) in [5, 5.41) is 8.47. The van der Waals surface area contributed by atoms with Gasteiger partial charge in [0.15, 0.2) is 5.69 Å². The molecule has 0 aromatic carbocycles. The molecule has 0 aliphatic carbocycles. The van der Waals surface area contributed by atoms with Gasteiger partial charge < -0.3 is 5.73 Å².